The fraction of sp³-hybridized carbons (Fsp3) is 0.913. The molecule has 26 heavy (non-hydrogen) atoms. The smallest absolute Gasteiger partial charge is 0.00745 e. The van der Waals surface area contributed by atoms with Crippen LogP contribution in [0.5, 0.6) is 0 Å². The molecule has 156 valence electrons. The Balaban J connectivity index is 3.04. The van der Waals surface area contributed by atoms with Crippen LogP contribution in [-0.2, 0) is 0 Å². The number of allylic oxidation sites excluding steroid dienone is 2. The molecule has 0 saturated heterocycles. The van der Waals surface area contributed by atoms with E-state index in [1.165, 1.54) is 109 Å². The Labute approximate surface area is 164 Å². The van der Waals surface area contributed by atoms with Gasteiger partial charge in [-0.15, -0.1) is 0 Å². The number of nitrogens with one attached hydrogen (secondary N) is 1. The molecule has 3 nitrogen and oxygen atoms in total. The van der Waals surface area contributed by atoms with E-state index in [0.717, 1.165) is 26.2 Å². The van der Waals surface area contributed by atoms with Crippen molar-refractivity contribution in [3.05, 3.63) is 12.2 Å². The van der Waals surface area contributed by atoms with Gasteiger partial charge in [0.05, 0.1) is 0 Å². The van der Waals surface area contributed by atoms with E-state index in [9.17, 15) is 0 Å². The molecule has 0 aliphatic rings. The summed E-state index contributed by atoms with van der Waals surface area (Å²) >= 11 is 0. The van der Waals surface area contributed by atoms with E-state index >= 15 is 0 Å². The van der Waals surface area contributed by atoms with Crippen LogP contribution in [0.1, 0.15) is 109 Å². The fourth-order valence-electron chi connectivity index (χ4n) is 3.33. The van der Waals surface area contributed by atoms with Crippen molar-refractivity contribution in [1.29, 1.82) is 0 Å². The number of hydrogen-bond acceptors (Lipinski definition) is 3. The molecule has 0 aromatic heterocycles. The Bertz CT molecular complexity index is 240. The van der Waals surface area contributed by atoms with Crippen LogP contribution in [0.15, 0.2) is 12.2 Å². The SMILES string of the molecule is NCCCCCCCCCCCC=CCCCCCCCCNCCN. The largest absolute Gasteiger partial charge is 0.330 e. The first-order valence-corrected chi connectivity index (χ1v) is 11.7. The summed E-state index contributed by atoms with van der Waals surface area (Å²) in [5, 5.41) is 3.36. The van der Waals surface area contributed by atoms with Gasteiger partial charge in [-0.1, -0.05) is 82.8 Å². The Hall–Kier alpha value is -0.380. The van der Waals surface area contributed by atoms with Crippen LogP contribution >= 0.6 is 0 Å². The monoisotopic (exact) mass is 367 g/mol. The lowest BCUT2D eigenvalue weighted by Gasteiger charge is -2.03. The Morgan fingerprint density at radius 3 is 1.31 bits per heavy atom. The van der Waals surface area contributed by atoms with Crippen LogP contribution in [0.25, 0.3) is 0 Å². The number of nitrogens with two attached hydrogens (primary N) is 2. The van der Waals surface area contributed by atoms with Gasteiger partial charge < -0.3 is 16.8 Å². The van der Waals surface area contributed by atoms with Gasteiger partial charge in [-0.25, -0.2) is 0 Å². The summed E-state index contributed by atoms with van der Waals surface area (Å²) in [6.07, 6.45) is 28.0. The molecule has 0 aliphatic carbocycles. The van der Waals surface area contributed by atoms with Crippen molar-refractivity contribution in [2.24, 2.45) is 11.5 Å². The van der Waals surface area contributed by atoms with Gasteiger partial charge in [0.2, 0.25) is 0 Å². The average molecular weight is 368 g/mol. The third kappa shape index (κ3) is 23.6. The van der Waals surface area contributed by atoms with Gasteiger partial charge in [0.1, 0.15) is 0 Å². The molecule has 0 unspecified atom stereocenters. The predicted molar refractivity (Wildman–Crippen MR) is 119 cm³/mol. The first kappa shape index (κ1) is 25.6. The van der Waals surface area contributed by atoms with Crippen LogP contribution in [0, 0.1) is 0 Å². The number of hydrogen-bond donors (Lipinski definition) is 3. The van der Waals surface area contributed by atoms with Gasteiger partial charge >= 0.3 is 0 Å². The van der Waals surface area contributed by atoms with Crippen molar-refractivity contribution < 1.29 is 0 Å². The Kier molecular flexibility index (Phi) is 24.3. The van der Waals surface area contributed by atoms with Crippen LogP contribution in [0.2, 0.25) is 0 Å². The lowest BCUT2D eigenvalue weighted by molar-refractivity contribution is 0.561. The molecule has 0 aliphatic heterocycles. The molecule has 0 spiro atoms. The van der Waals surface area contributed by atoms with Gasteiger partial charge in [0.15, 0.2) is 0 Å². The molecule has 0 aromatic carbocycles. The van der Waals surface area contributed by atoms with Crippen molar-refractivity contribution in [2.45, 2.75) is 109 Å². The third-order valence-electron chi connectivity index (χ3n) is 5.04. The van der Waals surface area contributed by atoms with E-state index in [4.69, 9.17) is 11.5 Å². The summed E-state index contributed by atoms with van der Waals surface area (Å²) in [6, 6.07) is 0. The molecule has 5 N–H and O–H groups in total. The lowest BCUT2D eigenvalue weighted by atomic mass is 10.1. The minimum atomic E-state index is 0.753. The molecule has 0 atom stereocenters. The van der Waals surface area contributed by atoms with Gasteiger partial charge in [0, 0.05) is 13.1 Å². The molecule has 3 heteroatoms. The summed E-state index contributed by atoms with van der Waals surface area (Å²) in [6.45, 7) is 3.71. The quantitative estimate of drug-likeness (QED) is 0.170. The first-order valence-electron chi connectivity index (χ1n) is 11.7. The Morgan fingerprint density at radius 2 is 0.846 bits per heavy atom. The predicted octanol–water partition coefficient (Wildman–Crippen LogP) is 5.68. The highest BCUT2D eigenvalue weighted by molar-refractivity contribution is 4.81. The van der Waals surface area contributed by atoms with Gasteiger partial charge in [-0.3, -0.25) is 0 Å². The lowest BCUT2D eigenvalue weighted by Crippen LogP contribution is -2.23. The highest BCUT2D eigenvalue weighted by atomic mass is 14.9. The molecular formula is C23H49N3. The summed E-state index contributed by atoms with van der Waals surface area (Å²) in [4.78, 5) is 0. The van der Waals surface area contributed by atoms with E-state index in [1.807, 2.05) is 0 Å². The normalized spacial score (nSPS) is 11.6. The van der Waals surface area contributed by atoms with Gasteiger partial charge in [-0.2, -0.15) is 0 Å². The van der Waals surface area contributed by atoms with Crippen LogP contribution in [-0.4, -0.2) is 26.2 Å². The van der Waals surface area contributed by atoms with Crippen molar-refractivity contribution in [3.63, 3.8) is 0 Å². The van der Waals surface area contributed by atoms with Gasteiger partial charge in [0.25, 0.3) is 0 Å². The second-order valence-electron chi connectivity index (χ2n) is 7.68. The standard InChI is InChI=1S/C23H49N3/c24-20-18-16-14-12-10-8-6-4-2-1-3-5-7-9-11-13-15-17-19-22-26-23-21-25/h3,5,26H,1-2,4,6-25H2. The van der Waals surface area contributed by atoms with E-state index in [-0.39, 0.29) is 0 Å². The van der Waals surface area contributed by atoms with Crippen LogP contribution in [0.4, 0.5) is 0 Å². The minimum absolute atomic E-state index is 0.753. The maximum Gasteiger partial charge on any atom is 0.00745 e. The first-order chi connectivity index (χ1) is 12.9. The number of rotatable bonds is 22. The molecule has 0 amide bonds. The van der Waals surface area contributed by atoms with Crippen LogP contribution < -0.4 is 16.8 Å². The van der Waals surface area contributed by atoms with Crippen LogP contribution in [0.3, 0.4) is 0 Å². The zero-order valence-electron chi connectivity index (χ0n) is 17.7. The average Bonchev–Trinajstić information content (AvgIpc) is 2.66. The zero-order valence-corrected chi connectivity index (χ0v) is 17.7. The summed E-state index contributed by atoms with van der Waals surface area (Å²) in [7, 11) is 0. The third-order valence-corrected chi connectivity index (χ3v) is 5.04. The van der Waals surface area contributed by atoms with Crippen molar-refractivity contribution in [3.8, 4) is 0 Å². The van der Waals surface area contributed by atoms with Crippen molar-refractivity contribution in [2.75, 3.05) is 26.2 Å². The maximum atomic E-state index is 5.51. The summed E-state index contributed by atoms with van der Waals surface area (Å²) < 4.78 is 0. The van der Waals surface area contributed by atoms with E-state index < -0.39 is 0 Å². The summed E-state index contributed by atoms with van der Waals surface area (Å²) in [5.74, 6) is 0. The highest BCUT2D eigenvalue weighted by Gasteiger charge is 1.93. The van der Waals surface area contributed by atoms with E-state index in [0.29, 0.717) is 0 Å². The molecular weight excluding hydrogens is 318 g/mol. The topological polar surface area (TPSA) is 64.1 Å². The molecule has 0 aromatic rings. The molecule has 0 rings (SSSR count). The second kappa shape index (κ2) is 24.6. The van der Waals surface area contributed by atoms with E-state index in [2.05, 4.69) is 17.5 Å². The van der Waals surface area contributed by atoms with Crippen molar-refractivity contribution >= 4 is 0 Å². The molecule has 0 saturated carbocycles. The molecule has 0 fully saturated rings. The molecule has 0 heterocycles. The zero-order chi connectivity index (χ0) is 19.0. The highest BCUT2D eigenvalue weighted by Crippen LogP contribution is 2.11. The van der Waals surface area contributed by atoms with Crippen molar-refractivity contribution in [1.82, 2.24) is 5.32 Å². The minimum Gasteiger partial charge on any atom is -0.330 e. The summed E-state index contributed by atoms with van der Waals surface area (Å²) in [5.41, 5.74) is 11.0. The molecule has 0 radical (unpaired) electrons. The fourth-order valence-corrected chi connectivity index (χ4v) is 3.33. The van der Waals surface area contributed by atoms with Gasteiger partial charge in [-0.05, 0) is 51.6 Å². The Morgan fingerprint density at radius 1 is 0.423 bits per heavy atom. The molecule has 0 bridgehead atoms. The van der Waals surface area contributed by atoms with E-state index in [1.54, 1.807) is 0 Å². The maximum absolute atomic E-state index is 5.51. The second-order valence-corrected chi connectivity index (χ2v) is 7.68. The number of unbranched alkanes of at least 4 members (excludes halogenated alkanes) is 15.